The topological polar surface area (TPSA) is 48.2 Å². The van der Waals surface area contributed by atoms with Crippen molar-refractivity contribution in [3.05, 3.63) is 64.9 Å². The Morgan fingerprint density at radius 2 is 1.92 bits per heavy atom. The van der Waals surface area contributed by atoms with Gasteiger partial charge in [-0.05, 0) is 43.0 Å². The molecule has 0 saturated carbocycles. The van der Waals surface area contributed by atoms with E-state index < -0.39 is 11.7 Å². The van der Waals surface area contributed by atoms with Crippen LogP contribution >= 0.6 is 0 Å². The summed E-state index contributed by atoms with van der Waals surface area (Å²) in [6.07, 6.45) is -4.43. The predicted octanol–water partition coefficient (Wildman–Crippen LogP) is 4.79. The van der Waals surface area contributed by atoms with Gasteiger partial charge in [-0.2, -0.15) is 18.4 Å². The molecule has 0 heterocycles. The van der Waals surface area contributed by atoms with E-state index in [-0.39, 0.29) is 5.70 Å². The van der Waals surface area contributed by atoms with Crippen LogP contribution in [0.1, 0.15) is 16.7 Å². The molecule has 0 fully saturated rings. The second-order valence-corrected chi connectivity index (χ2v) is 5.37. The standard InChI is InChI=1S/C19H16F3N3/c1-12-7-8-15(13-5-4-6-14(10-13)19(20,21)22)16(9-12)18(25-3)17(11-23)24-2/h4-10,24H,3H2,1-2H3/b18-17-. The SMILES string of the molecule is C=N/C(=C(/C#N)NC)c1cc(C)ccc1-c1cccc(C(F)(F)F)c1. The zero-order valence-electron chi connectivity index (χ0n) is 13.8. The van der Waals surface area contributed by atoms with Gasteiger partial charge in [-0.1, -0.05) is 29.8 Å². The zero-order valence-corrected chi connectivity index (χ0v) is 13.8. The molecule has 2 aromatic carbocycles. The van der Waals surface area contributed by atoms with E-state index in [1.807, 2.05) is 13.0 Å². The molecule has 0 spiro atoms. The summed E-state index contributed by atoms with van der Waals surface area (Å²) in [4.78, 5) is 3.92. The number of alkyl halides is 3. The van der Waals surface area contributed by atoms with Gasteiger partial charge in [0.25, 0.3) is 0 Å². The Bertz CT molecular complexity index is 874. The molecule has 6 heteroatoms. The van der Waals surface area contributed by atoms with Gasteiger partial charge in [0.2, 0.25) is 0 Å². The zero-order chi connectivity index (χ0) is 18.6. The molecular formula is C19H16F3N3. The van der Waals surface area contributed by atoms with Crippen LogP contribution in [0.5, 0.6) is 0 Å². The molecule has 0 saturated heterocycles. The number of nitrogens with one attached hydrogen (secondary N) is 1. The second kappa shape index (κ2) is 7.22. The minimum atomic E-state index is -4.43. The van der Waals surface area contributed by atoms with Crippen LogP contribution in [0.15, 0.2) is 53.2 Å². The molecule has 0 bridgehead atoms. The van der Waals surface area contributed by atoms with E-state index in [4.69, 9.17) is 0 Å². The van der Waals surface area contributed by atoms with Crippen LogP contribution in [0, 0.1) is 18.3 Å². The molecule has 128 valence electrons. The van der Waals surface area contributed by atoms with E-state index in [9.17, 15) is 18.4 Å². The average molecular weight is 343 g/mol. The van der Waals surface area contributed by atoms with Crippen molar-refractivity contribution in [2.75, 3.05) is 7.05 Å². The highest BCUT2D eigenvalue weighted by atomic mass is 19.4. The lowest BCUT2D eigenvalue weighted by atomic mass is 9.94. The minimum absolute atomic E-state index is 0.189. The highest BCUT2D eigenvalue weighted by molar-refractivity contribution is 5.85. The molecule has 2 rings (SSSR count). The molecule has 0 unspecified atom stereocenters. The van der Waals surface area contributed by atoms with Crippen LogP contribution in [0.4, 0.5) is 13.2 Å². The number of aliphatic imine (C=N–C) groups is 1. The van der Waals surface area contributed by atoms with Crippen molar-refractivity contribution in [3.8, 4) is 17.2 Å². The number of rotatable bonds is 4. The van der Waals surface area contributed by atoms with Crippen molar-refractivity contribution in [2.45, 2.75) is 13.1 Å². The number of benzene rings is 2. The molecule has 0 aliphatic rings. The van der Waals surface area contributed by atoms with Gasteiger partial charge in [0.1, 0.15) is 17.5 Å². The molecule has 25 heavy (non-hydrogen) atoms. The first-order valence-corrected chi connectivity index (χ1v) is 7.39. The molecule has 0 aromatic heterocycles. The molecule has 0 radical (unpaired) electrons. The summed E-state index contributed by atoms with van der Waals surface area (Å²) in [5.41, 5.74) is 2.11. The van der Waals surface area contributed by atoms with Crippen molar-refractivity contribution in [2.24, 2.45) is 4.99 Å². The first-order valence-electron chi connectivity index (χ1n) is 7.39. The Balaban J connectivity index is 2.75. The molecule has 0 aliphatic carbocycles. The third kappa shape index (κ3) is 3.89. The third-order valence-electron chi connectivity index (χ3n) is 3.69. The first-order chi connectivity index (χ1) is 11.8. The van der Waals surface area contributed by atoms with Crippen molar-refractivity contribution in [1.29, 1.82) is 5.26 Å². The maximum absolute atomic E-state index is 13.0. The molecule has 1 N–H and O–H groups in total. The van der Waals surface area contributed by atoms with Gasteiger partial charge in [-0.3, -0.25) is 4.99 Å². The van der Waals surface area contributed by atoms with Crippen molar-refractivity contribution in [1.82, 2.24) is 5.32 Å². The molecular weight excluding hydrogens is 327 g/mol. The molecule has 3 nitrogen and oxygen atoms in total. The van der Waals surface area contributed by atoms with Gasteiger partial charge >= 0.3 is 6.18 Å². The minimum Gasteiger partial charge on any atom is -0.378 e. The Hall–Kier alpha value is -3.07. The number of nitrogens with zero attached hydrogens (tertiary/aromatic N) is 2. The van der Waals surface area contributed by atoms with E-state index >= 15 is 0 Å². The predicted molar refractivity (Wildman–Crippen MR) is 92.8 cm³/mol. The van der Waals surface area contributed by atoms with Crippen LogP contribution < -0.4 is 5.32 Å². The summed E-state index contributed by atoms with van der Waals surface area (Å²) < 4.78 is 39.1. The van der Waals surface area contributed by atoms with Crippen LogP contribution in [0.3, 0.4) is 0 Å². The first kappa shape index (κ1) is 18.3. The van der Waals surface area contributed by atoms with Gasteiger partial charge in [0.05, 0.1) is 5.56 Å². The average Bonchev–Trinajstić information content (AvgIpc) is 2.59. The van der Waals surface area contributed by atoms with Gasteiger partial charge in [-0.25, -0.2) is 0 Å². The Morgan fingerprint density at radius 3 is 2.48 bits per heavy atom. The van der Waals surface area contributed by atoms with Crippen LogP contribution in [0.25, 0.3) is 16.8 Å². The number of halogens is 3. The maximum atomic E-state index is 13.0. The Kier molecular flexibility index (Phi) is 5.28. The lowest BCUT2D eigenvalue weighted by molar-refractivity contribution is -0.137. The normalized spacial score (nSPS) is 12.2. The van der Waals surface area contributed by atoms with Gasteiger partial charge in [0, 0.05) is 12.6 Å². The van der Waals surface area contributed by atoms with E-state index in [1.165, 1.54) is 6.07 Å². The van der Waals surface area contributed by atoms with Gasteiger partial charge in [0.15, 0.2) is 0 Å². The number of hydrogen-bond acceptors (Lipinski definition) is 3. The van der Waals surface area contributed by atoms with E-state index in [0.717, 1.165) is 17.7 Å². The lowest BCUT2D eigenvalue weighted by Gasteiger charge is -2.14. The fourth-order valence-electron chi connectivity index (χ4n) is 2.49. The lowest BCUT2D eigenvalue weighted by Crippen LogP contribution is -2.07. The molecule has 0 amide bonds. The summed E-state index contributed by atoms with van der Waals surface area (Å²) in [7, 11) is 1.57. The van der Waals surface area contributed by atoms with E-state index in [0.29, 0.717) is 22.4 Å². The summed E-state index contributed by atoms with van der Waals surface area (Å²) in [5.74, 6) is 0. The summed E-state index contributed by atoms with van der Waals surface area (Å²) in [6, 6.07) is 12.3. The van der Waals surface area contributed by atoms with Crippen LogP contribution in [-0.2, 0) is 6.18 Å². The van der Waals surface area contributed by atoms with Crippen LogP contribution in [0.2, 0.25) is 0 Å². The number of aryl methyl sites for hydroxylation is 1. The number of allylic oxidation sites excluding steroid dienone is 1. The maximum Gasteiger partial charge on any atom is 0.416 e. The second-order valence-electron chi connectivity index (χ2n) is 5.37. The molecule has 0 atom stereocenters. The fraction of sp³-hybridized carbons (Fsp3) is 0.158. The fourth-order valence-corrected chi connectivity index (χ4v) is 2.49. The summed E-state index contributed by atoms with van der Waals surface area (Å²) in [6.45, 7) is 5.35. The highest BCUT2D eigenvalue weighted by Crippen LogP contribution is 2.35. The Morgan fingerprint density at radius 1 is 1.20 bits per heavy atom. The van der Waals surface area contributed by atoms with Gasteiger partial charge < -0.3 is 5.32 Å². The third-order valence-corrected chi connectivity index (χ3v) is 3.69. The summed E-state index contributed by atoms with van der Waals surface area (Å²) >= 11 is 0. The van der Waals surface area contributed by atoms with Crippen molar-refractivity contribution < 1.29 is 13.2 Å². The highest BCUT2D eigenvalue weighted by Gasteiger charge is 2.30. The van der Waals surface area contributed by atoms with E-state index in [1.54, 1.807) is 31.3 Å². The van der Waals surface area contributed by atoms with E-state index in [2.05, 4.69) is 17.0 Å². The van der Waals surface area contributed by atoms with Gasteiger partial charge in [-0.15, -0.1) is 0 Å². The van der Waals surface area contributed by atoms with Crippen molar-refractivity contribution in [3.63, 3.8) is 0 Å². The molecule has 0 aliphatic heterocycles. The monoisotopic (exact) mass is 343 g/mol. The Labute approximate surface area is 144 Å². The van der Waals surface area contributed by atoms with Crippen molar-refractivity contribution >= 4 is 12.4 Å². The summed E-state index contributed by atoms with van der Waals surface area (Å²) in [5, 5.41) is 12.0. The number of nitriles is 1. The molecule has 2 aromatic rings. The van der Waals surface area contributed by atoms with Crippen LogP contribution in [-0.4, -0.2) is 13.8 Å². The smallest absolute Gasteiger partial charge is 0.378 e. The quantitative estimate of drug-likeness (QED) is 0.641. The number of hydrogen-bond donors (Lipinski definition) is 1. The largest absolute Gasteiger partial charge is 0.416 e.